The monoisotopic (exact) mass is 557 g/mol. The molecule has 0 aliphatic carbocycles. The van der Waals surface area contributed by atoms with Crippen LogP contribution in [0.25, 0.3) is 0 Å². The van der Waals surface area contributed by atoms with Gasteiger partial charge in [-0.25, -0.2) is 9.59 Å². The fourth-order valence-electron chi connectivity index (χ4n) is 3.85. The van der Waals surface area contributed by atoms with Crippen molar-refractivity contribution in [3.05, 3.63) is 80.7 Å². The van der Waals surface area contributed by atoms with Crippen LogP contribution < -0.4 is 5.32 Å². The van der Waals surface area contributed by atoms with Gasteiger partial charge in [-0.15, -0.1) is 22.7 Å². The first-order valence-electron chi connectivity index (χ1n) is 12.5. The molecular weight excluding hydrogens is 522 g/mol. The van der Waals surface area contributed by atoms with Crippen LogP contribution in [0.15, 0.2) is 65.4 Å². The smallest absolute Gasteiger partial charge is 0.408 e. The Morgan fingerprint density at radius 3 is 2.00 bits per heavy atom. The number of alkyl carbamates (subject to hydrolysis) is 1. The molecule has 3 aromatic rings. The van der Waals surface area contributed by atoms with E-state index in [1.807, 2.05) is 65.4 Å². The second kappa shape index (κ2) is 14.0. The molecule has 2 aromatic heterocycles. The van der Waals surface area contributed by atoms with E-state index in [0.717, 1.165) is 15.3 Å². The maximum atomic E-state index is 13.8. The van der Waals surface area contributed by atoms with Gasteiger partial charge in [-0.05, 0) is 62.1 Å². The van der Waals surface area contributed by atoms with Gasteiger partial charge in [0.2, 0.25) is 5.91 Å². The van der Waals surface area contributed by atoms with Crippen LogP contribution in [-0.4, -0.2) is 51.2 Å². The number of carbonyl (C=O) groups excluding carboxylic acids is 2. The van der Waals surface area contributed by atoms with E-state index in [1.54, 1.807) is 48.3 Å². The summed E-state index contributed by atoms with van der Waals surface area (Å²) in [6.45, 7) is 6.58. The molecule has 2 N–H and O–H groups in total. The van der Waals surface area contributed by atoms with Gasteiger partial charge < -0.3 is 25.0 Å². The molecule has 0 fully saturated rings. The molecule has 38 heavy (non-hydrogen) atoms. The van der Waals surface area contributed by atoms with Crippen LogP contribution in [0, 0.1) is 0 Å². The van der Waals surface area contributed by atoms with Crippen molar-refractivity contribution in [1.29, 1.82) is 0 Å². The number of rotatable bonds is 12. The Kier molecular flexibility index (Phi) is 10.7. The summed E-state index contributed by atoms with van der Waals surface area (Å²) in [7, 11) is 0. The Hall–Kier alpha value is -3.37. The van der Waals surface area contributed by atoms with Gasteiger partial charge in [-0.2, -0.15) is 0 Å². The van der Waals surface area contributed by atoms with Crippen molar-refractivity contribution in [2.45, 2.75) is 64.9 Å². The molecule has 204 valence electrons. The second-order valence-electron chi connectivity index (χ2n) is 9.88. The molecule has 1 aromatic carbocycles. The molecule has 2 heterocycles. The summed E-state index contributed by atoms with van der Waals surface area (Å²) in [5.74, 6) is -0.234. The Bertz CT molecular complexity index is 1110. The molecule has 0 aliphatic heterocycles. The summed E-state index contributed by atoms with van der Waals surface area (Å²) in [6, 6.07) is 16.3. The number of nitrogens with one attached hydrogen (secondary N) is 1. The van der Waals surface area contributed by atoms with E-state index in [1.165, 1.54) is 4.90 Å². The molecule has 10 heteroatoms. The molecule has 0 spiro atoms. The molecule has 0 radical (unpaired) electrons. The summed E-state index contributed by atoms with van der Waals surface area (Å²) in [5, 5.41) is 16.4. The van der Waals surface area contributed by atoms with Gasteiger partial charge in [-0.1, -0.05) is 42.5 Å². The Morgan fingerprint density at radius 2 is 1.50 bits per heavy atom. The highest BCUT2D eigenvalue weighted by atomic mass is 32.1. The third kappa shape index (κ3) is 9.83. The fourth-order valence-corrected chi connectivity index (χ4v) is 5.29. The average molecular weight is 558 g/mol. The van der Waals surface area contributed by atoms with Crippen LogP contribution in [0.5, 0.6) is 0 Å². The topological polar surface area (TPSA) is 99.2 Å². The Morgan fingerprint density at radius 1 is 0.895 bits per heavy atom. The molecule has 0 bridgehead atoms. The number of benzene rings is 1. The van der Waals surface area contributed by atoms with Crippen molar-refractivity contribution in [2.75, 3.05) is 6.54 Å². The van der Waals surface area contributed by atoms with Gasteiger partial charge >= 0.3 is 12.2 Å². The van der Waals surface area contributed by atoms with Crippen molar-refractivity contribution in [3.63, 3.8) is 0 Å². The van der Waals surface area contributed by atoms with Crippen LogP contribution in [-0.2, 0) is 29.2 Å². The molecular formula is C28H35N3O5S2. The van der Waals surface area contributed by atoms with E-state index >= 15 is 0 Å². The molecule has 3 amide bonds. The summed E-state index contributed by atoms with van der Waals surface area (Å²) < 4.78 is 5.43. The zero-order valence-electron chi connectivity index (χ0n) is 22.0. The molecule has 8 nitrogen and oxygen atoms in total. The predicted molar refractivity (Wildman–Crippen MR) is 150 cm³/mol. The van der Waals surface area contributed by atoms with Crippen LogP contribution in [0.4, 0.5) is 9.59 Å². The molecule has 1 atom stereocenters. The lowest BCUT2D eigenvalue weighted by Crippen LogP contribution is -2.49. The highest BCUT2D eigenvalue weighted by molar-refractivity contribution is 7.10. The summed E-state index contributed by atoms with van der Waals surface area (Å²) in [5.41, 5.74) is 0.161. The summed E-state index contributed by atoms with van der Waals surface area (Å²) in [4.78, 5) is 43.5. The summed E-state index contributed by atoms with van der Waals surface area (Å²) >= 11 is 3.13. The second-order valence-corrected chi connectivity index (χ2v) is 11.9. The fraction of sp³-hybridized carbons (Fsp3) is 0.393. The zero-order chi connectivity index (χ0) is 27.5. The average Bonchev–Trinajstić information content (AvgIpc) is 3.56. The third-order valence-electron chi connectivity index (χ3n) is 5.56. The van der Waals surface area contributed by atoms with E-state index < -0.39 is 23.8 Å². The Labute approximate surface area is 231 Å². The van der Waals surface area contributed by atoms with Crippen molar-refractivity contribution < 1.29 is 24.2 Å². The lowest BCUT2D eigenvalue weighted by Gasteiger charge is -2.29. The molecule has 3 rings (SSSR count). The number of nitrogens with zero attached hydrogens (tertiary/aromatic N) is 2. The van der Waals surface area contributed by atoms with Crippen molar-refractivity contribution >= 4 is 40.8 Å². The van der Waals surface area contributed by atoms with Gasteiger partial charge in [0.15, 0.2) is 0 Å². The van der Waals surface area contributed by atoms with Crippen LogP contribution in [0.1, 0.15) is 48.9 Å². The highest BCUT2D eigenvalue weighted by Gasteiger charge is 2.29. The molecule has 0 aliphatic rings. The van der Waals surface area contributed by atoms with Crippen molar-refractivity contribution in [1.82, 2.24) is 15.1 Å². The maximum Gasteiger partial charge on any atom is 0.408 e. The highest BCUT2D eigenvalue weighted by Crippen LogP contribution is 2.20. The van der Waals surface area contributed by atoms with E-state index in [0.29, 0.717) is 19.5 Å². The first-order valence-corrected chi connectivity index (χ1v) is 14.2. The zero-order valence-corrected chi connectivity index (χ0v) is 23.6. The van der Waals surface area contributed by atoms with Gasteiger partial charge in [0.1, 0.15) is 11.6 Å². The normalized spacial score (nSPS) is 12.0. The largest absolute Gasteiger partial charge is 0.465 e. The lowest BCUT2D eigenvalue weighted by atomic mass is 10.1. The Balaban J connectivity index is 1.74. The number of amides is 3. The van der Waals surface area contributed by atoms with E-state index in [-0.39, 0.29) is 25.4 Å². The minimum atomic E-state index is -1.03. The standard InChI is InChI=1S/C28H35N3O5S2/c1-28(2,3)36-26(33)29-24(14-7-15-30(27(34)35)18-21-10-5-4-6-11-21)25(32)31(19-22-12-8-16-37-22)20-23-13-9-17-38-23/h4-6,8-13,16-17,24H,7,14-15,18-20H2,1-3H3,(H,29,33)(H,34,35). The molecule has 1 unspecified atom stereocenters. The third-order valence-corrected chi connectivity index (χ3v) is 7.28. The quantitative estimate of drug-likeness (QED) is 0.277. The van der Waals surface area contributed by atoms with E-state index in [2.05, 4.69) is 5.32 Å². The van der Waals surface area contributed by atoms with E-state index in [9.17, 15) is 19.5 Å². The van der Waals surface area contributed by atoms with Crippen molar-refractivity contribution in [3.8, 4) is 0 Å². The predicted octanol–water partition coefficient (Wildman–Crippen LogP) is 6.19. The number of hydrogen-bond donors (Lipinski definition) is 2. The van der Waals surface area contributed by atoms with Crippen LogP contribution >= 0.6 is 22.7 Å². The molecule has 0 saturated heterocycles. The SMILES string of the molecule is CC(C)(C)OC(=O)NC(CCCN(Cc1ccccc1)C(=O)O)C(=O)N(Cc1cccs1)Cc1cccs1. The van der Waals surface area contributed by atoms with E-state index in [4.69, 9.17) is 4.74 Å². The first kappa shape index (κ1) is 29.2. The maximum absolute atomic E-state index is 13.8. The number of ether oxygens (including phenoxy) is 1. The van der Waals surface area contributed by atoms with Gasteiger partial charge in [0.25, 0.3) is 0 Å². The minimum Gasteiger partial charge on any atom is -0.465 e. The lowest BCUT2D eigenvalue weighted by molar-refractivity contribution is -0.134. The first-order chi connectivity index (χ1) is 18.1. The van der Waals surface area contributed by atoms with Gasteiger partial charge in [-0.3, -0.25) is 4.79 Å². The minimum absolute atomic E-state index is 0.222. The van der Waals surface area contributed by atoms with Crippen molar-refractivity contribution in [2.24, 2.45) is 0 Å². The van der Waals surface area contributed by atoms with Crippen LogP contribution in [0.3, 0.4) is 0 Å². The van der Waals surface area contributed by atoms with Gasteiger partial charge in [0.05, 0.1) is 13.1 Å². The number of thiophene rings is 2. The number of carboxylic acid groups (broad SMARTS) is 1. The van der Waals surface area contributed by atoms with Gasteiger partial charge in [0, 0.05) is 22.8 Å². The molecule has 0 saturated carbocycles. The number of carbonyl (C=O) groups is 3. The van der Waals surface area contributed by atoms with Crippen LogP contribution in [0.2, 0.25) is 0 Å². The summed E-state index contributed by atoms with van der Waals surface area (Å²) in [6.07, 6.45) is -1.06. The number of hydrogen-bond acceptors (Lipinski definition) is 6.